The molecule has 1 heteroatoms. The molecule has 0 saturated carbocycles. The highest BCUT2D eigenvalue weighted by Gasteiger charge is 2.15. The van der Waals surface area contributed by atoms with Gasteiger partial charge in [-0.1, -0.05) is 136 Å². The molecule has 0 aliphatic carbocycles. The van der Waals surface area contributed by atoms with E-state index in [2.05, 4.69) is 183 Å². The average molecular weight is 596 g/mol. The molecule has 0 radical (unpaired) electrons. The van der Waals surface area contributed by atoms with Crippen LogP contribution in [0.3, 0.4) is 0 Å². The zero-order valence-corrected chi connectivity index (χ0v) is 27.1. The average Bonchev–Trinajstić information content (AvgIpc) is 3.11. The molecular formula is C45H41N. The molecule has 1 nitrogen and oxygen atoms in total. The zero-order chi connectivity index (χ0) is 31.5. The molecule has 0 heterocycles. The van der Waals surface area contributed by atoms with Crippen LogP contribution in [0.25, 0.3) is 43.8 Å². The number of hydrogen-bond donors (Lipinski definition) is 0. The molecule has 0 saturated heterocycles. The number of rotatable bonds is 9. The molecule has 0 N–H and O–H groups in total. The van der Waals surface area contributed by atoms with Gasteiger partial charge in [0.25, 0.3) is 0 Å². The zero-order valence-electron chi connectivity index (χ0n) is 27.1. The minimum atomic E-state index is 0.392. The predicted octanol–water partition coefficient (Wildman–Crippen LogP) is 13.2. The summed E-state index contributed by atoms with van der Waals surface area (Å²) >= 11 is 0. The van der Waals surface area contributed by atoms with E-state index in [-0.39, 0.29) is 0 Å². The molecule has 7 aromatic rings. The van der Waals surface area contributed by atoms with E-state index in [1.165, 1.54) is 62.2 Å². The monoisotopic (exact) mass is 595 g/mol. The summed E-state index contributed by atoms with van der Waals surface area (Å²) in [6, 6.07) is 57.6. The maximum atomic E-state index is 2.38. The van der Waals surface area contributed by atoms with E-state index in [4.69, 9.17) is 0 Å². The summed E-state index contributed by atoms with van der Waals surface area (Å²) < 4.78 is 0. The number of fused-ring (bicyclic) bond motifs is 2. The second-order valence-electron chi connectivity index (χ2n) is 13.2. The van der Waals surface area contributed by atoms with Crippen LogP contribution in [0.5, 0.6) is 0 Å². The third-order valence-corrected chi connectivity index (χ3v) is 9.61. The third-order valence-electron chi connectivity index (χ3n) is 9.61. The predicted molar refractivity (Wildman–Crippen MR) is 199 cm³/mol. The van der Waals surface area contributed by atoms with Crippen LogP contribution < -0.4 is 4.90 Å². The van der Waals surface area contributed by atoms with Crippen molar-refractivity contribution in [2.45, 2.75) is 40.0 Å². The van der Waals surface area contributed by atoms with Gasteiger partial charge in [0.1, 0.15) is 0 Å². The van der Waals surface area contributed by atoms with Gasteiger partial charge in [-0.15, -0.1) is 0 Å². The number of nitrogens with zero attached hydrogens (tertiary/aromatic N) is 1. The van der Waals surface area contributed by atoms with E-state index in [1.54, 1.807) is 0 Å². The first kappa shape index (κ1) is 29.6. The van der Waals surface area contributed by atoms with E-state index in [1.807, 2.05) is 0 Å². The number of aryl methyl sites for hydroxylation is 1. The lowest BCUT2D eigenvalue weighted by atomic mass is 9.84. The lowest BCUT2D eigenvalue weighted by molar-refractivity contribution is 0.322. The van der Waals surface area contributed by atoms with Crippen molar-refractivity contribution in [2.24, 2.45) is 5.41 Å². The fraction of sp³-hybridized carbons (Fsp3) is 0.156. The quantitative estimate of drug-likeness (QED) is 0.160. The van der Waals surface area contributed by atoms with Gasteiger partial charge < -0.3 is 4.90 Å². The van der Waals surface area contributed by atoms with Crippen molar-refractivity contribution < 1.29 is 0 Å². The van der Waals surface area contributed by atoms with Gasteiger partial charge in [0.15, 0.2) is 0 Å². The first-order valence-corrected chi connectivity index (χ1v) is 16.5. The maximum absolute atomic E-state index is 2.38. The SMILES string of the molecule is CCC(C)(C)CCc1ccc2cc(-c3ccc4cc(N(c5ccccc5)c5ccc(-c6ccccc6)cc5)ccc4c3)ccc2c1. The van der Waals surface area contributed by atoms with Gasteiger partial charge in [-0.3, -0.25) is 0 Å². The fourth-order valence-corrected chi connectivity index (χ4v) is 6.30. The third kappa shape index (κ3) is 6.32. The summed E-state index contributed by atoms with van der Waals surface area (Å²) in [6.45, 7) is 7.03. The summed E-state index contributed by atoms with van der Waals surface area (Å²) in [5.74, 6) is 0. The van der Waals surface area contributed by atoms with E-state index < -0.39 is 0 Å². The molecule has 0 bridgehead atoms. The van der Waals surface area contributed by atoms with Gasteiger partial charge in [0.2, 0.25) is 0 Å². The molecule has 0 unspecified atom stereocenters. The molecule has 46 heavy (non-hydrogen) atoms. The van der Waals surface area contributed by atoms with Crippen molar-refractivity contribution in [2.75, 3.05) is 4.90 Å². The van der Waals surface area contributed by atoms with Gasteiger partial charge in [0, 0.05) is 17.1 Å². The van der Waals surface area contributed by atoms with Gasteiger partial charge in [-0.25, -0.2) is 0 Å². The normalized spacial score (nSPS) is 11.6. The second kappa shape index (κ2) is 12.7. The molecule has 0 aliphatic heterocycles. The molecule has 0 aromatic heterocycles. The van der Waals surface area contributed by atoms with Gasteiger partial charge in [-0.2, -0.15) is 0 Å². The minimum Gasteiger partial charge on any atom is -0.310 e. The summed E-state index contributed by atoms with van der Waals surface area (Å²) in [7, 11) is 0. The van der Waals surface area contributed by atoms with E-state index in [0.717, 1.165) is 23.5 Å². The van der Waals surface area contributed by atoms with Crippen LogP contribution in [0.2, 0.25) is 0 Å². The summed E-state index contributed by atoms with van der Waals surface area (Å²) in [5.41, 5.74) is 10.2. The van der Waals surface area contributed by atoms with Crippen LogP contribution in [0.1, 0.15) is 39.2 Å². The molecule has 7 rings (SSSR count). The summed E-state index contributed by atoms with van der Waals surface area (Å²) in [5, 5.41) is 5.08. The largest absolute Gasteiger partial charge is 0.310 e. The van der Waals surface area contributed by atoms with Gasteiger partial charge in [-0.05, 0) is 116 Å². The van der Waals surface area contributed by atoms with Crippen LogP contribution in [-0.4, -0.2) is 0 Å². The molecule has 0 fully saturated rings. The van der Waals surface area contributed by atoms with Crippen molar-refractivity contribution in [1.29, 1.82) is 0 Å². The molecular weight excluding hydrogens is 555 g/mol. The first-order chi connectivity index (χ1) is 22.5. The molecule has 0 amide bonds. The van der Waals surface area contributed by atoms with E-state index in [9.17, 15) is 0 Å². The Hall–Kier alpha value is -5.14. The first-order valence-electron chi connectivity index (χ1n) is 16.5. The Morgan fingerprint density at radius 2 is 0.913 bits per heavy atom. The lowest BCUT2D eigenvalue weighted by Gasteiger charge is -2.26. The van der Waals surface area contributed by atoms with Crippen LogP contribution in [0.4, 0.5) is 17.1 Å². The highest BCUT2D eigenvalue weighted by molar-refractivity contribution is 5.94. The van der Waals surface area contributed by atoms with Crippen molar-refractivity contribution in [3.8, 4) is 22.3 Å². The van der Waals surface area contributed by atoms with Crippen molar-refractivity contribution in [3.63, 3.8) is 0 Å². The molecule has 226 valence electrons. The second-order valence-corrected chi connectivity index (χ2v) is 13.2. The Balaban J connectivity index is 1.18. The number of anilines is 3. The number of hydrogen-bond acceptors (Lipinski definition) is 1. The highest BCUT2D eigenvalue weighted by atomic mass is 15.1. The Kier molecular flexibility index (Phi) is 8.16. The van der Waals surface area contributed by atoms with Crippen molar-refractivity contribution in [1.82, 2.24) is 0 Å². The van der Waals surface area contributed by atoms with Gasteiger partial charge >= 0.3 is 0 Å². The number of para-hydroxylation sites is 1. The molecule has 0 spiro atoms. The Morgan fingerprint density at radius 1 is 0.435 bits per heavy atom. The molecule has 0 atom stereocenters. The smallest absolute Gasteiger partial charge is 0.0468 e. The number of benzene rings is 7. The molecule has 7 aromatic carbocycles. The molecule has 0 aliphatic rings. The standard InChI is InChI=1S/C45H41N/c1-4-45(2,3)28-27-33-15-16-37-30-38(18-17-36(37)29-33)39-19-20-41-32-44(26-23-40(41)31-39)46(42-13-9-6-10-14-42)43-24-21-35(22-25-43)34-11-7-5-8-12-34/h5-26,29-32H,4,27-28H2,1-3H3. The maximum Gasteiger partial charge on any atom is 0.0468 e. The lowest BCUT2D eigenvalue weighted by Crippen LogP contribution is -2.10. The Labute approximate surface area is 273 Å². The van der Waals surface area contributed by atoms with Gasteiger partial charge in [0.05, 0.1) is 0 Å². The summed E-state index contributed by atoms with van der Waals surface area (Å²) in [4.78, 5) is 2.34. The summed E-state index contributed by atoms with van der Waals surface area (Å²) in [6.07, 6.45) is 3.56. The van der Waals surface area contributed by atoms with Crippen molar-refractivity contribution in [3.05, 3.63) is 163 Å². The van der Waals surface area contributed by atoms with Crippen LogP contribution in [0, 0.1) is 5.41 Å². The fourth-order valence-electron chi connectivity index (χ4n) is 6.30. The van der Waals surface area contributed by atoms with Crippen LogP contribution in [0.15, 0.2) is 158 Å². The van der Waals surface area contributed by atoms with Crippen LogP contribution >= 0.6 is 0 Å². The van der Waals surface area contributed by atoms with E-state index >= 15 is 0 Å². The minimum absolute atomic E-state index is 0.392. The van der Waals surface area contributed by atoms with E-state index in [0.29, 0.717) is 5.41 Å². The van der Waals surface area contributed by atoms with Crippen LogP contribution in [-0.2, 0) is 6.42 Å². The Bertz CT molecular complexity index is 2090. The Morgan fingerprint density at radius 3 is 1.57 bits per heavy atom. The van der Waals surface area contributed by atoms with Crippen molar-refractivity contribution >= 4 is 38.6 Å². The highest BCUT2D eigenvalue weighted by Crippen LogP contribution is 2.38. The topological polar surface area (TPSA) is 3.24 Å².